The van der Waals surface area contributed by atoms with Crippen LogP contribution in [0, 0.1) is 17.8 Å². The van der Waals surface area contributed by atoms with Gasteiger partial charge in [-0.3, -0.25) is 10.1 Å². The summed E-state index contributed by atoms with van der Waals surface area (Å²) in [5.41, 5.74) is -0.0120. The first kappa shape index (κ1) is 14.4. The van der Waals surface area contributed by atoms with E-state index in [0.717, 1.165) is 31.2 Å². The van der Waals surface area contributed by atoms with Crippen molar-refractivity contribution in [3.05, 3.63) is 0 Å². The highest BCUT2D eigenvalue weighted by atomic mass is 16.2. The third-order valence-corrected chi connectivity index (χ3v) is 5.67. The van der Waals surface area contributed by atoms with Crippen molar-refractivity contribution in [3.8, 4) is 0 Å². The van der Waals surface area contributed by atoms with Crippen molar-refractivity contribution in [3.63, 3.8) is 0 Å². The first-order valence-corrected chi connectivity index (χ1v) is 8.66. The zero-order valence-electron chi connectivity index (χ0n) is 13.3. The Morgan fingerprint density at radius 3 is 2.85 bits per heavy atom. The van der Waals surface area contributed by atoms with E-state index in [9.17, 15) is 4.79 Å². The molecule has 3 heteroatoms. The van der Waals surface area contributed by atoms with Crippen molar-refractivity contribution in [1.82, 2.24) is 10.2 Å². The molecule has 0 aromatic rings. The van der Waals surface area contributed by atoms with Crippen molar-refractivity contribution in [2.24, 2.45) is 17.8 Å². The Balaban J connectivity index is 1.85. The number of nitrogens with zero attached hydrogens (tertiary/aromatic N) is 1. The molecule has 4 unspecified atom stereocenters. The lowest BCUT2D eigenvalue weighted by molar-refractivity contribution is -0.133. The van der Waals surface area contributed by atoms with Gasteiger partial charge in [0.2, 0.25) is 5.91 Å². The molecule has 3 nitrogen and oxygen atoms in total. The van der Waals surface area contributed by atoms with Gasteiger partial charge >= 0.3 is 0 Å². The van der Waals surface area contributed by atoms with Gasteiger partial charge in [0, 0.05) is 6.54 Å². The summed E-state index contributed by atoms with van der Waals surface area (Å²) in [4.78, 5) is 15.0. The standard InChI is InChI=1S/C17H30N2O/c1-4-9-19-16(20)15(12(2)3)18-17(19)8-6-5-7-13-10-14(13)11-17/h12-15,18H,4-11H2,1-3H3. The van der Waals surface area contributed by atoms with Crippen LogP contribution in [0.15, 0.2) is 0 Å². The van der Waals surface area contributed by atoms with Crippen LogP contribution in [0.4, 0.5) is 0 Å². The van der Waals surface area contributed by atoms with E-state index in [1.165, 1.54) is 32.1 Å². The number of nitrogens with one attached hydrogen (secondary N) is 1. The van der Waals surface area contributed by atoms with Crippen molar-refractivity contribution >= 4 is 5.91 Å². The molecule has 4 atom stereocenters. The average Bonchev–Trinajstić information content (AvgIpc) is 3.03. The second-order valence-electron chi connectivity index (χ2n) is 7.59. The summed E-state index contributed by atoms with van der Waals surface area (Å²) < 4.78 is 0. The maximum atomic E-state index is 12.8. The molecule has 3 aliphatic rings. The van der Waals surface area contributed by atoms with E-state index in [-0.39, 0.29) is 11.7 Å². The smallest absolute Gasteiger partial charge is 0.241 e. The molecule has 0 aromatic carbocycles. The highest BCUT2D eigenvalue weighted by Crippen LogP contribution is 2.51. The third kappa shape index (κ3) is 2.38. The van der Waals surface area contributed by atoms with Crippen LogP contribution in [-0.4, -0.2) is 29.1 Å². The van der Waals surface area contributed by atoms with Crippen LogP contribution in [0.5, 0.6) is 0 Å². The van der Waals surface area contributed by atoms with Crippen LogP contribution in [0.25, 0.3) is 0 Å². The van der Waals surface area contributed by atoms with Crippen LogP contribution in [-0.2, 0) is 4.79 Å². The van der Waals surface area contributed by atoms with E-state index in [1.54, 1.807) is 0 Å². The van der Waals surface area contributed by atoms with Gasteiger partial charge in [-0.05, 0) is 49.9 Å². The molecule has 1 heterocycles. The molecule has 114 valence electrons. The van der Waals surface area contributed by atoms with Gasteiger partial charge in [0.05, 0.1) is 11.7 Å². The zero-order valence-corrected chi connectivity index (χ0v) is 13.3. The predicted octanol–water partition coefficient (Wildman–Crippen LogP) is 3.15. The molecule has 3 rings (SSSR count). The fraction of sp³-hybridized carbons (Fsp3) is 0.941. The van der Waals surface area contributed by atoms with Gasteiger partial charge < -0.3 is 4.90 Å². The summed E-state index contributed by atoms with van der Waals surface area (Å²) >= 11 is 0. The van der Waals surface area contributed by atoms with Crippen molar-refractivity contribution in [2.75, 3.05) is 6.54 Å². The number of rotatable bonds is 3. The molecule has 20 heavy (non-hydrogen) atoms. The van der Waals surface area contributed by atoms with E-state index in [4.69, 9.17) is 0 Å². The first-order chi connectivity index (χ1) is 9.57. The third-order valence-electron chi connectivity index (χ3n) is 5.67. The monoisotopic (exact) mass is 278 g/mol. The number of carbonyl (C=O) groups is 1. The second-order valence-corrected chi connectivity index (χ2v) is 7.59. The topological polar surface area (TPSA) is 32.3 Å². The second kappa shape index (κ2) is 5.32. The van der Waals surface area contributed by atoms with E-state index < -0.39 is 0 Å². The quantitative estimate of drug-likeness (QED) is 0.860. The van der Waals surface area contributed by atoms with Crippen LogP contribution < -0.4 is 5.32 Å². The molecule has 2 saturated carbocycles. The molecular formula is C17H30N2O. The average molecular weight is 278 g/mol. The van der Waals surface area contributed by atoms with E-state index in [0.29, 0.717) is 11.8 Å². The summed E-state index contributed by atoms with van der Waals surface area (Å²) in [7, 11) is 0. The number of carbonyl (C=O) groups excluding carboxylic acids is 1. The van der Waals surface area contributed by atoms with Gasteiger partial charge in [0.15, 0.2) is 0 Å². The number of fused-ring (bicyclic) bond motifs is 1. The highest BCUT2D eigenvalue weighted by molar-refractivity contribution is 5.85. The maximum Gasteiger partial charge on any atom is 0.241 e. The normalized spacial score (nSPS) is 40.9. The Labute approximate surface area is 123 Å². The molecule has 0 radical (unpaired) electrons. The van der Waals surface area contributed by atoms with Gasteiger partial charge in [-0.25, -0.2) is 0 Å². The van der Waals surface area contributed by atoms with Crippen molar-refractivity contribution < 1.29 is 4.79 Å². The lowest BCUT2D eigenvalue weighted by Gasteiger charge is -2.40. The zero-order chi connectivity index (χ0) is 14.3. The molecule has 1 amide bonds. The Morgan fingerprint density at radius 1 is 1.35 bits per heavy atom. The van der Waals surface area contributed by atoms with Crippen molar-refractivity contribution in [2.45, 2.75) is 77.4 Å². The number of hydrogen-bond donors (Lipinski definition) is 1. The Hall–Kier alpha value is -0.570. The fourth-order valence-corrected chi connectivity index (χ4v) is 4.46. The van der Waals surface area contributed by atoms with Gasteiger partial charge in [0.1, 0.15) is 0 Å². The summed E-state index contributed by atoms with van der Waals surface area (Å²) in [5.74, 6) is 2.59. The predicted molar refractivity (Wildman–Crippen MR) is 81.2 cm³/mol. The molecule has 1 spiro atoms. The van der Waals surface area contributed by atoms with Gasteiger partial charge in [-0.2, -0.15) is 0 Å². The van der Waals surface area contributed by atoms with Gasteiger partial charge in [-0.1, -0.05) is 33.6 Å². The molecule has 0 aromatic heterocycles. The Kier molecular flexibility index (Phi) is 3.83. The highest BCUT2D eigenvalue weighted by Gasteiger charge is 2.54. The molecule has 0 bridgehead atoms. The minimum Gasteiger partial charge on any atom is -0.323 e. The van der Waals surface area contributed by atoms with E-state index in [2.05, 4.69) is 31.0 Å². The Morgan fingerprint density at radius 2 is 2.15 bits per heavy atom. The van der Waals surface area contributed by atoms with Gasteiger partial charge in [-0.15, -0.1) is 0 Å². The largest absolute Gasteiger partial charge is 0.323 e. The summed E-state index contributed by atoms with van der Waals surface area (Å²) in [5, 5.41) is 3.79. The molecule has 3 fully saturated rings. The fourth-order valence-electron chi connectivity index (χ4n) is 4.46. The molecule has 1 aliphatic heterocycles. The van der Waals surface area contributed by atoms with E-state index in [1.807, 2.05) is 0 Å². The molecule has 1 N–H and O–H groups in total. The van der Waals surface area contributed by atoms with E-state index >= 15 is 0 Å². The van der Waals surface area contributed by atoms with Gasteiger partial charge in [0.25, 0.3) is 0 Å². The minimum absolute atomic E-state index is 0.0120. The lowest BCUT2D eigenvalue weighted by Crippen LogP contribution is -2.54. The molecule has 2 aliphatic carbocycles. The first-order valence-electron chi connectivity index (χ1n) is 8.66. The lowest BCUT2D eigenvalue weighted by atomic mass is 9.90. The SMILES string of the molecule is CCCN1C(=O)C(C(C)C)NC12CCCCC1CC1C2. The number of hydrogen-bond acceptors (Lipinski definition) is 2. The van der Waals surface area contributed by atoms with Crippen LogP contribution >= 0.6 is 0 Å². The Bertz CT molecular complexity index is 381. The maximum absolute atomic E-state index is 12.8. The minimum atomic E-state index is -0.0120. The summed E-state index contributed by atoms with van der Waals surface area (Å²) in [6, 6.07) is 0.0400. The summed E-state index contributed by atoms with van der Waals surface area (Å²) in [6.45, 7) is 7.45. The van der Waals surface area contributed by atoms with Crippen LogP contribution in [0.2, 0.25) is 0 Å². The molecule has 1 saturated heterocycles. The number of amides is 1. The van der Waals surface area contributed by atoms with Crippen LogP contribution in [0.3, 0.4) is 0 Å². The summed E-state index contributed by atoms with van der Waals surface area (Å²) in [6.07, 6.45) is 8.88. The van der Waals surface area contributed by atoms with Crippen LogP contribution in [0.1, 0.15) is 65.7 Å². The molecular weight excluding hydrogens is 248 g/mol. The van der Waals surface area contributed by atoms with Crippen molar-refractivity contribution in [1.29, 1.82) is 0 Å².